The lowest BCUT2D eigenvalue weighted by Gasteiger charge is -2.28. The first-order valence-electron chi connectivity index (χ1n) is 8.93. The van der Waals surface area contributed by atoms with E-state index in [1.54, 1.807) is 17.8 Å². The lowest BCUT2D eigenvalue weighted by molar-refractivity contribution is 0.0230. The van der Waals surface area contributed by atoms with Crippen molar-refractivity contribution in [3.63, 3.8) is 0 Å². The van der Waals surface area contributed by atoms with Gasteiger partial charge in [0.25, 0.3) is 5.56 Å². The molecule has 1 aliphatic carbocycles. The lowest BCUT2D eigenvalue weighted by Crippen LogP contribution is -2.35. The van der Waals surface area contributed by atoms with Gasteiger partial charge in [-0.25, -0.2) is 4.79 Å². The van der Waals surface area contributed by atoms with Gasteiger partial charge in [-0.3, -0.25) is 14.6 Å². The van der Waals surface area contributed by atoms with Crippen LogP contribution in [0.15, 0.2) is 10.9 Å². The number of H-pyrrole nitrogens is 1. The Morgan fingerprint density at radius 3 is 2.62 bits per heavy atom. The number of ether oxygens (including phenoxy) is 1. The quantitative estimate of drug-likeness (QED) is 0.891. The number of hydrogen-bond acceptors (Lipinski definition) is 3. The molecule has 1 aromatic heterocycles. The molecule has 0 saturated heterocycles. The first kappa shape index (κ1) is 18.6. The van der Waals surface area contributed by atoms with Crippen LogP contribution in [0.4, 0.5) is 4.79 Å². The summed E-state index contributed by atoms with van der Waals surface area (Å²) >= 11 is 0. The molecule has 1 aliphatic rings. The molecule has 0 aromatic carbocycles. The van der Waals surface area contributed by atoms with E-state index in [4.69, 9.17) is 4.74 Å². The van der Waals surface area contributed by atoms with Crippen LogP contribution in [0, 0.1) is 5.92 Å². The zero-order valence-electron chi connectivity index (χ0n) is 15.6. The van der Waals surface area contributed by atoms with E-state index in [0.29, 0.717) is 6.54 Å². The fraction of sp³-hybridized carbons (Fsp3) is 0.778. The molecule has 1 amide bonds. The van der Waals surface area contributed by atoms with Crippen molar-refractivity contribution in [2.45, 2.75) is 78.0 Å². The zero-order chi connectivity index (χ0) is 17.9. The highest BCUT2D eigenvalue weighted by atomic mass is 16.6. The summed E-state index contributed by atoms with van der Waals surface area (Å²) in [6.07, 6.45) is 5.83. The van der Waals surface area contributed by atoms with Gasteiger partial charge in [0.15, 0.2) is 0 Å². The number of carbonyl (C=O) groups is 1. The topological polar surface area (TPSA) is 67.3 Å². The molecule has 1 unspecified atom stereocenters. The average Bonchev–Trinajstić information content (AvgIpc) is 3.11. The van der Waals surface area contributed by atoms with Crippen molar-refractivity contribution in [1.82, 2.24) is 14.7 Å². The van der Waals surface area contributed by atoms with Gasteiger partial charge in [0.05, 0.1) is 11.7 Å². The van der Waals surface area contributed by atoms with E-state index < -0.39 is 11.7 Å². The fourth-order valence-electron chi connectivity index (χ4n) is 3.15. The Labute approximate surface area is 144 Å². The summed E-state index contributed by atoms with van der Waals surface area (Å²) in [7, 11) is 1.69. The third kappa shape index (κ3) is 4.89. The first-order valence-corrected chi connectivity index (χ1v) is 8.93. The highest BCUT2D eigenvalue weighted by Gasteiger charge is 2.25. The second-order valence-electron chi connectivity index (χ2n) is 7.91. The van der Waals surface area contributed by atoms with Crippen molar-refractivity contribution in [2.24, 2.45) is 5.92 Å². The fourth-order valence-corrected chi connectivity index (χ4v) is 3.15. The van der Waals surface area contributed by atoms with Crippen molar-refractivity contribution in [3.05, 3.63) is 22.1 Å². The van der Waals surface area contributed by atoms with Gasteiger partial charge >= 0.3 is 6.09 Å². The molecule has 1 N–H and O–H groups in total. The third-order valence-electron chi connectivity index (χ3n) is 4.76. The monoisotopic (exact) mass is 337 g/mol. The normalized spacial score (nSPS) is 17.0. The maximum atomic E-state index is 12.2. The second kappa shape index (κ2) is 7.45. The number of hydrogen-bond donors (Lipinski definition) is 1. The van der Waals surface area contributed by atoms with Gasteiger partial charge in [-0.2, -0.15) is 0 Å². The molecule has 1 fully saturated rings. The molecule has 0 bridgehead atoms. The number of nitrogens with zero attached hydrogens (tertiary/aromatic N) is 2. The van der Waals surface area contributed by atoms with Gasteiger partial charge < -0.3 is 9.64 Å². The van der Waals surface area contributed by atoms with E-state index in [0.717, 1.165) is 18.0 Å². The Hall–Kier alpha value is -1.72. The molecule has 1 atom stereocenters. The standard InChI is InChI=1S/C18H31N3O3/c1-13(20(5)17(23)24-18(2,3)4)15-12-16(22)21(19-15)11-10-14-8-6-7-9-14/h12-14,19H,6-11H2,1-5H3. The molecule has 24 heavy (non-hydrogen) atoms. The summed E-state index contributed by atoms with van der Waals surface area (Å²) in [5.41, 5.74) is 0.165. The molecule has 0 radical (unpaired) electrons. The third-order valence-corrected chi connectivity index (χ3v) is 4.76. The molecule has 0 aliphatic heterocycles. The Kier molecular flexibility index (Phi) is 5.78. The molecule has 1 aromatic rings. The summed E-state index contributed by atoms with van der Waals surface area (Å²) in [5.74, 6) is 0.741. The molecule has 2 rings (SSSR count). The minimum atomic E-state index is -0.536. The summed E-state index contributed by atoms with van der Waals surface area (Å²) in [4.78, 5) is 25.8. The molecule has 136 valence electrons. The molecule has 6 heteroatoms. The molecular weight excluding hydrogens is 306 g/mol. The summed E-state index contributed by atoms with van der Waals surface area (Å²) in [5, 5.41) is 3.16. The minimum absolute atomic E-state index is 0.0348. The zero-order valence-corrected chi connectivity index (χ0v) is 15.6. The van der Waals surface area contributed by atoms with Gasteiger partial charge in [0.1, 0.15) is 5.60 Å². The van der Waals surface area contributed by atoms with Crippen molar-refractivity contribution in [1.29, 1.82) is 0 Å². The van der Waals surface area contributed by atoms with E-state index in [1.165, 1.54) is 30.6 Å². The van der Waals surface area contributed by atoms with Crippen LogP contribution in [0.2, 0.25) is 0 Å². The van der Waals surface area contributed by atoms with Crippen LogP contribution in [-0.2, 0) is 11.3 Å². The van der Waals surface area contributed by atoms with Crippen molar-refractivity contribution < 1.29 is 9.53 Å². The Morgan fingerprint density at radius 1 is 1.42 bits per heavy atom. The van der Waals surface area contributed by atoms with Gasteiger partial charge in [0.2, 0.25) is 0 Å². The first-order chi connectivity index (χ1) is 11.2. The highest BCUT2D eigenvalue weighted by Crippen LogP contribution is 2.27. The van der Waals surface area contributed by atoms with Crippen molar-refractivity contribution in [3.8, 4) is 0 Å². The SMILES string of the molecule is CC(c1cc(=O)n(CCC2CCCC2)[nH]1)N(C)C(=O)OC(C)(C)C. The van der Waals surface area contributed by atoms with E-state index in [9.17, 15) is 9.59 Å². The van der Waals surface area contributed by atoms with Crippen LogP contribution in [-0.4, -0.2) is 33.4 Å². The van der Waals surface area contributed by atoms with Gasteiger partial charge in [-0.05, 0) is 40.0 Å². The summed E-state index contributed by atoms with van der Waals surface area (Å²) in [6, 6.07) is 1.33. The van der Waals surface area contributed by atoms with Crippen LogP contribution in [0.5, 0.6) is 0 Å². The predicted molar refractivity (Wildman–Crippen MR) is 94.0 cm³/mol. The minimum Gasteiger partial charge on any atom is -0.444 e. The Morgan fingerprint density at radius 2 is 2.04 bits per heavy atom. The summed E-state index contributed by atoms with van der Waals surface area (Å²) < 4.78 is 7.04. The van der Waals surface area contributed by atoms with Crippen molar-refractivity contribution in [2.75, 3.05) is 7.05 Å². The summed E-state index contributed by atoms with van der Waals surface area (Å²) in [6.45, 7) is 8.11. The number of nitrogens with one attached hydrogen (secondary N) is 1. The van der Waals surface area contributed by atoms with Crippen LogP contribution in [0.1, 0.15) is 71.5 Å². The van der Waals surface area contributed by atoms with Crippen LogP contribution in [0.25, 0.3) is 0 Å². The van der Waals surface area contributed by atoms with Crippen LogP contribution in [0.3, 0.4) is 0 Å². The van der Waals surface area contributed by atoms with E-state index >= 15 is 0 Å². The van der Waals surface area contributed by atoms with Gasteiger partial charge in [0, 0.05) is 19.7 Å². The smallest absolute Gasteiger partial charge is 0.410 e. The van der Waals surface area contributed by atoms with E-state index in [-0.39, 0.29) is 11.6 Å². The average molecular weight is 337 g/mol. The number of aromatic nitrogens is 2. The van der Waals surface area contributed by atoms with Gasteiger partial charge in [-0.15, -0.1) is 0 Å². The van der Waals surface area contributed by atoms with Crippen molar-refractivity contribution >= 4 is 6.09 Å². The van der Waals surface area contributed by atoms with E-state index in [1.807, 2.05) is 27.7 Å². The van der Waals surface area contributed by atoms with E-state index in [2.05, 4.69) is 5.10 Å². The predicted octanol–water partition coefficient (Wildman–Crippen LogP) is 3.68. The lowest BCUT2D eigenvalue weighted by atomic mass is 10.0. The largest absolute Gasteiger partial charge is 0.444 e. The number of amides is 1. The maximum absolute atomic E-state index is 12.2. The van der Waals surface area contributed by atoms with Crippen LogP contribution >= 0.6 is 0 Å². The number of carbonyl (C=O) groups excluding carboxylic acids is 1. The highest BCUT2D eigenvalue weighted by molar-refractivity contribution is 5.68. The Balaban J connectivity index is 1.99. The Bertz CT molecular complexity index is 606. The second-order valence-corrected chi connectivity index (χ2v) is 7.91. The molecule has 1 saturated carbocycles. The molecular formula is C18H31N3O3. The van der Waals surface area contributed by atoms with Crippen LogP contribution < -0.4 is 5.56 Å². The molecule has 0 spiro atoms. The number of aryl methyl sites for hydroxylation is 1. The van der Waals surface area contributed by atoms with Gasteiger partial charge in [-0.1, -0.05) is 25.7 Å². The molecule has 1 heterocycles. The molecule has 6 nitrogen and oxygen atoms in total. The number of rotatable bonds is 5. The number of aromatic amines is 1. The maximum Gasteiger partial charge on any atom is 0.410 e.